The Bertz CT molecular complexity index is 715. The van der Waals surface area contributed by atoms with Crippen molar-refractivity contribution in [2.45, 2.75) is 26.9 Å². The third kappa shape index (κ3) is 5.21. The van der Waals surface area contributed by atoms with Gasteiger partial charge < -0.3 is 15.0 Å². The van der Waals surface area contributed by atoms with E-state index in [1.807, 2.05) is 12.1 Å². The molecule has 0 fully saturated rings. The van der Waals surface area contributed by atoms with Crippen LogP contribution < -0.4 is 15.0 Å². The minimum absolute atomic E-state index is 0.190. The van der Waals surface area contributed by atoms with Crippen LogP contribution in [0.3, 0.4) is 0 Å². The van der Waals surface area contributed by atoms with E-state index in [0.717, 1.165) is 25.2 Å². The van der Waals surface area contributed by atoms with E-state index in [-0.39, 0.29) is 5.91 Å². The van der Waals surface area contributed by atoms with Gasteiger partial charge in [0.2, 0.25) is 0 Å². The van der Waals surface area contributed by atoms with E-state index < -0.39 is 0 Å². The van der Waals surface area contributed by atoms with Gasteiger partial charge in [0.25, 0.3) is 5.91 Å². The van der Waals surface area contributed by atoms with Crippen LogP contribution >= 0.6 is 11.6 Å². The first-order valence-electron chi connectivity index (χ1n) is 8.61. The summed E-state index contributed by atoms with van der Waals surface area (Å²) in [4.78, 5) is 14.1. The first-order chi connectivity index (χ1) is 12.1. The van der Waals surface area contributed by atoms with Gasteiger partial charge >= 0.3 is 0 Å². The van der Waals surface area contributed by atoms with E-state index in [4.69, 9.17) is 16.3 Å². The standard InChI is InChI=1S/C20H25ClN2O2/c1-4-23(5-2)14-16-9-7-6-8-15(16)13-22-20(24)18-12-17(21)10-11-19(18)25-3/h6-12H,4-5,13-14H2,1-3H3,(H,22,24)/p+1. The Hall–Kier alpha value is -2.04. The van der Waals surface area contributed by atoms with Gasteiger partial charge in [-0.3, -0.25) is 4.79 Å². The highest BCUT2D eigenvalue weighted by atomic mass is 35.5. The second kappa shape index (κ2) is 9.44. The molecule has 0 aliphatic heterocycles. The van der Waals surface area contributed by atoms with Crippen LogP contribution in [0.1, 0.15) is 35.3 Å². The van der Waals surface area contributed by atoms with Crippen LogP contribution in [0.4, 0.5) is 0 Å². The monoisotopic (exact) mass is 361 g/mol. The van der Waals surface area contributed by atoms with Gasteiger partial charge in [-0.05, 0) is 37.6 Å². The molecule has 0 spiro atoms. The molecule has 0 heterocycles. The molecule has 2 rings (SSSR count). The number of benzene rings is 2. The molecule has 0 bridgehead atoms. The van der Waals surface area contributed by atoms with E-state index in [9.17, 15) is 4.79 Å². The average Bonchev–Trinajstić information content (AvgIpc) is 2.64. The molecule has 2 N–H and O–H groups in total. The molecule has 0 radical (unpaired) electrons. The minimum Gasteiger partial charge on any atom is -0.496 e. The van der Waals surface area contributed by atoms with Crippen molar-refractivity contribution in [1.29, 1.82) is 0 Å². The maximum Gasteiger partial charge on any atom is 0.255 e. The molecule has 25 heavy (non-hydrogen) atoms. The topological polar surface area (TPSA) is 42.8 Å². The van der Waals surface area contributed by atoms with Crippen molar-refractivity contribution in [3.8, 4) is 5.75 Å². The molecule has 0 saturated heterocycles. The van der Waals surface area contributed by atoms with Crippen LogP contribution in [-0.2, 0) is 13.1 Å². The Labute approximate surface area is 154 Å². The number of ether oxygens (including phenoxy) is 1. The second-order valence-corrected chi connectivity index (χ2v) is 6.37. The van der Waals surface area contributed by atoms with Gasteiger partial charge in [0, 0.05) is 17.1 Å². The fraction of sp³-hybridized carbons (Fsp3) is 0.350. The molecule has 4 nitrogen and oxygen atoms in total. The Morgan fingerprint density at radius 3 is 2.44 bits per heavy atom. The lowest BCUT2D eigenvalue weighted by atomic mass is 10.1. The van der Waals surface area contributed by atoms with Gasteiger partial charge in [-0.2, -0.15) is 0 Å². The summed E-state index contributed by atoms with van der Waals surface area (Å²) in [6.07, 6.45) is 0. The molecule has 0 aliphatic rings. The summed E-state index contributed by atoms with van der Waals surface area (Å²) in [5.74, 6) is 0.326. The minimum atomic E-state index is -0.190. The number of quaternary nitrogens is 1. The zero-order chi connectivity index (χ0) is 18.2. The summed E-state index contributed by atoms with van der Waals surface area (Å²) in [6, 6.07) is 13.3. The number of methoxy groups -OCH3 is 1. The van der Waals surface area contributed by atoms with Crippen LogP contribution in [0.25, 0.3) is 0 Å². The van der Waals surface area contributed by atoms with Gasteiger partial charge in [0.15, 0.2) is 0 Å². The Morgan fingerprint density at radius 1 is 1.12 bits per heavy atom. The molecule has 0 aliphatic carbocycles. The fourth-order valence-electron chi connectivity index (χ4n) is 2.80. The fourth-order valence-corrected chi connectivity index (χ4v) is 2.97. The molecular weight excluding hydrogens is 336 g/mol. The van der Waals surface area contributed by atoms with Crippen molar-refractivity contribution in [1.82, 2.24) is 5.32 Å². The number of carbonyl (C=O) groups is 1. The normalized spacial score (nSPS) is 10.8. The van der Waals surface area contributed by atoms with E-state index >= 15 is 0 Å². The number of amides is 1. The molecule has 2 aromatic rings. The zero-order valence-corrected chi connectivity index (χ0v) is 15.8. The third-order valence-electron chi connectivity index (χ3n) is 4.40. The average molecular weight is 362 g/mol. The summed E-state index contributed by atoms with van der Waals surface area (Å²) in [5.41, 5.74) is 2.85. The molecule has 0 aromatic heterocycles. The van der Waals surface area contributed by atoms with Crippen LogP contribution in [0.2, 0.25) is 5.02 Å². The number of carbonyl (C=O) groups excluding carboxylic acids is 1. The molecule has 0 atom stereocenters. The lowest BCUT2D eigenvalue weighted by molar-refractivity contribution is -0.910. The summed E-state index contributed by atoms with van der Waals surface area (Å²) in [7, 11) is 1.54. The predicted octanol–water partition coefficient (Wildman–Crippen LogP) is 2.70. The Kier molecular flexibility index (Phi) is 7.29. The van der Waals surface area contributed by atoms with Crippen molar-refractivity contribution in [2.75, 3.05) is 20.2 Å². The van der Waals surface area contributed by atoms with Crippen molar-refractivity contribution >= 4 is 17.5 Å². The quantitative estimate of drug-likeness (QED) is 0.759. The lowest BCUT2D eigenvalue weighted by Crippen LogP contribution is -3.10. The van der Waals surface area contributed by atoms with Gasteiger partial charge in [-0.1, -0.05) is 35.9 Å². The van der Waals surface area contributed by atoms with Crippen LogP contribution in [0.5, 0.6) is 5.75 Å². The van der Waals surface area contributed by atoms with Crippen LogP contribution in [0.15, 0.2) is 42.5 Å². The van der Waals surface area contributed by atoms with Crippen molar-refractivity contribution in [2.24, 2.45) is 0 Å². The number of halogens is 1. The van der Waals surface area contributed by atoms with Gasteiger partial charge in [0.05, 0.1) is 25.8 Å². The van der Waals surface area contributed by atoms with Crippen molar-refractivity contribution < 1.29 is 14.4 Å². The van der Waals surface area contributed by atoms with E-state index in [1.54, 1.807) is 25.3 Å². The summed E-state index contributed by atoms with van der Waals surface area (Å²) in [5, 5.41) is 3.49. The predicted molar refractivity (Wildman–Crippen MR) is 101 cm³/mol. The highest BCUT2D eigenvalue weighted by Gasteiger charge is 2.14. The molecule has 0 saturated carbocycles. The maximum atomic E-state index is 12.5. The van der Waals surface area contributed by atoms with Gasteiger partial charge in [-0.15, -0.1) is 0 Å². The lowest BCUT2D eigenvalue weighted by Gasteiger charge is -2.18. The van der Waals surface area contributed by atoms with E-state index in [1.165, 1.54) is 10.5 Å². The highest BCUT2D eigenvalue weighted by molar-refractivity contribution is 6.31. The van der Waals surface area contributed by atoms with Gasteiger partial charge in [0.1, 0.15) is 12.3 Å². The first kappa shape index (κ1) is 19.3. The molecule has 0 unspecified atom stereocenters. The molecule has 134 valence electrons. The largest absolute Gasteiger partial charge is 0.496 e. The maximum absolute atomic E-state index is 12.5. The number of rotatable bonds is 8. The number of hydrogen-bond donors (Lipinski definition) is 2. The second-order valence-electron chi connectivity index (χ2n) is 5.93. The Morgan fingerprint density at radius 2 is 1.80 bits per heavy atom. The number of nitrogens with one attached hydrogen (secondary N) is 2. The van der Waals surface area contributed by atoms with Crippen LogP contribution in [0, 0.1) is 0 Å². The first-order valence-corrected chi connectivity index (χ1v) is 8.98. The van der Waals surface area contributed by atoms with Crippen LogP contribution in [-0.4, -0.2) is 26.1 Å². The van der Waals surface area contributed by atoms with Crippen molar-refractivity contribution in [3.05, 3.63) is 64.2 Å². The van der Waals surface area contributed by atoms with Gasteiger partial charge in [-0.25, -0.2) is 0 Å². The zero-order valence-electron chi connectivity index (χ0n) is 15.1. The Balaban J connectivity index is 2.11. The van der Waals surface area contributed by atoms with E-state index in [0.29, 0.717) is 22.9 Å². The summed E-state index contributed by atoms with van der Waals surface area (Å²) < 4.78 is 5.26. The molecule has 5 heteroatoms. The number of hydrogen-bond acceptors (Lipinski definition) is 2. The molecular formula is C20H26ClN2O2+. The van der Waals surface area contributed by atoms with E-state index in [2.05, 4.69) is 31.3 Å². The molecule has 2 aromatic carbocycles. The summed E-state index contributed by atoms with van der Waals surface area (Å²) >= 11 is 6.01. The molecule has 1 amide bonds. The summed E-state index contributed by atoms with van der Waals surface area (Å²) in [6.45, 7) is 7.97. The highest BCUT2D eigenvalue weighted by Crippen LogP contribution is 2.22. The smallest absolute Gasteiger partial charge is 0.255 e. The van der Waals surface area contributed by atoms with Crippen molar-refractivity contribution in [3.63, 3.8) is 0 Å². The third-order valence-corrected chi connectivity index (χ3v) is 4.64. The SMILES string of the molecule is CC[NH+](CC)Cc1ccccc1CNC(=O)c1cc(Cl)ccc1OC.